The van der Waals surface area contributed by atoms with Crippen LogP contribution in [0.2, 0.25) is 0 Å². The highest BCUT2D eigenvalue weighted by molar-refractivity contribution is 5.96. The van der Waals surface area contributed by atoms with Crippen LogP contribution < -0.4 is 0 Å². The van der Waals surface area contributed by atoms with Crippen molar-refractivity contribution in [1.29, 1.82) is 0 Å². The summed E-state index contributed by atoms with van der Waals surface area (Å²) in [5.41, 5.74) is 1.23. The summed E-state index contributed by atoms with van der Waals surface area (Å²) >= 11 is 0. The molecule has 0 aromatic rings. The molecule has 0 aromatic carbocycles. The van der Waals surface area contributed by atoms with Crippen LogP contribution in [0.1, 0.15) is 20.3 Å². The Morgan fingerprint density at radius 3 is 2.75 bits per heavy atom. The molecule has 1 heterocycles. The minimum absolute atomic E-state index is 0.435. The molecule has 0 N–H and O–H groups in total. The fourth-order valence-corrected chi connectivity index (χ4v) is 0.807. The smallest absolute Gasteiger partial charge is 0.0658 e. The lowest BCUT2D eigenvalue weighted by Gasteiger charge is -1.89. The zero-order valence-electron chi connectivity index (χ0n) is 5.39. The Morgan fingerprint density at radius 1 is 1.75 bits per heavy atom. The molecule has 1 aliphatic heterocycles. The number of aliphatic imine (C=N–C) groups is 1. The van der Waals surface area contributed by atoms with Gasteiger partial charge in [0.2, 0.25) is 0 Å². The summed E-state index contributed by atoms with van der Waals surface area (Å²) in [6.45, 7) is 4.22. The van der Waals surface area contributed by atoms with Crippen LogP contribution in [0.5, 0.6) is 0 Å². The van der Waals surface area contributed by atoms with E-state index in [0.29, 0.717) is 6.04 Å². The highest BCUT2D eigenvalue weighted by atomic mass is 14.8. The summed E-state index contributed by atoms with van der Waals surface area (Å²) in [5, 5.41) is 0. The maximum atomic E-state index is 4.31. The Hall–Kier alpha value is -0.590. The van der Waals surface area contributed by atoms with Gasteiger partial charge < -0.3 is 0 Å². The van der Waals surface area contributed by atoms with Crippen LogP contribution in [-0.4, -0.2) is 11.8 Å². The van der Waals surface area contributed by atoms with Crippen LogP contribution in [0.4, 0.5) is 0 Å². The van der Waals surface area contributed by atoms with E-state index in [1.807, 2.05) is 0 Å². The number of hydrogen-bond donors (Lipinski definition) is 0. The van der Waals surface area contributed by atoms with Crippen molar-refractivity contribution in [3.8, 4) is 0 Å². The van der Waals surface area contributed by atoms with Gasteiger partial charge in [0.15, 0.2) is 0 Å². The highest BCUT2D eigenvalue weighted by Gasteiger charge is 2.01. The van der Waals surface area contributed by atoms with Crippen molar-refractivity contribution in [2.45, 2.75) is 26.3 Å². The zero-order chi connectivity index (χ0) is 5.98. The Morgan fingerprint density at radius 2 is 2.50 bits per heavy atom. The van der Waals surface area contributed by atoms with E-state index in [-0.39, 0.29) is 0 Å². The lowest BCUT2D eigenvalue weighted by molar-refractivity contribution is 0.941. The molecule has 0 saturated carbocycles. The van der Waals surface area contributed by atoms with Gasteiger partial charge in [0.05, 0.1) is 6.04 Å². The topological polar surface area (TPSA) is 12.4 Å². The number of nitrogens with zero attached hydrogens (tertiary/aromatic N) is 1. The summed E-state index contributed by atoms with van der Waals surface area (Å²) in [4.78, 5) is 4.31. The lowest BCUT2D eigenvalue weighted by atomic mass is 10.3. The van der Waals surface area contributed by atoms with Crippen LogP contribution in [0.15, 0.2) is 17.1 Å². The van der Waals surface area contributed by atoms with E-state index < -0.39 is 0 Å². The van der Waals surface area contributed by atoms with Gasteiger partial charge in [-0.15, -0.1) is 0 Å². The van der Waals surface area contributed by atoms with Crippen molar-refractivity contribution in [1.82, 2.24) is 0 Å². The number of hydrogen-bond acceptors (Lipinski definition) is 1. The molecule has 44 valence electrons. The second kappa shape index (κ2) is 2.12. The number of allylic oxidation sites excluding steroid dienone is 1. The molecule has 1 nitrogen and oxygen atoms in total. The number of rotatable bonds is 1. The van der Waals surface area contributed by atoms with E-state index >= 15 is 0 Å². The SMILES string of the molecule is CCC1=NC(C)C=C1. The normalized spacial score (nSPS) is 26.2. The highest BCUT2D eigenvalue weighted by Crippen LogP contribution is 2.04. The van der Waals surface area contributed by atoms with Gasteiger partial charge in [0.1, 0.15) is 0 Å². The average molecular weight is 109 g/mol. The van der Waals surface area contributed by atoms with Gasteiger partial charge in [-0.05, 0) is 19.4 Å². The molecule has 1 aliphatic rings. The van der Waals surface area contributed by atoms with Crippen molar-refractivity contribution in [2.75, 3.05) is 0 Å². The third kappa shape index (κ3) is 0.971. The molecular weight excluding hydrogens is 98.1 g/mol. The quantitative estimate of drug-likeness (QED) is 0.487. The molecule has 0 bridgehead atoms. The van der Waals surface area contributed by atoms with Crippen molar-refractivity contribution < 1.29 is 0 Å². The molecule has 0 aliphatic carbocycles. The fourth-order valence-electron chi connectivity index (χ4n) is 0.807. The van der Waals surface area contributed by atoms with Crippen LogP contribution >= 0.6 is 0 Å². The fraction of sp³-hybridized carbons (Fsp3) is 0.571. The molecule has 0 saturated heterocycles. The first-order chi connectivity index (χ1) is 3.83. The van der Waals surface area contributed by atoms with Crippen LogP contribution in [0.3, 0.4) is 0 Å². The van der Waals surface area contributed by atoms with E-state index in [4.69, 9.17) is 0 Å². The molecule has 0 aromatic heterocycles. The van der Waals surface area contributed by atoms with Gasteiger partial charge in [-0.1, -0.05) is 13.0 Å². The molecule has 1 unspecified atom stereocenters. The van der Waals surface area contributed by atoms with Gasteiger partial charge in [0, 0.05) is 5.71 Å². The predicted octanol–water partition coefficient (Wildman–Crippen LogP) is 1.80. The molecule has 0 radical (unpaired) electrons. The first-order valence-electron chi connectivity index (χ1n) is 3.08. The lowest BCUT2D eigenvalue weighted by Crippen LogP contribution is -1.88. The van der Waals surface area contributed by atoms with E-state index in [1.165, 1.54) is 5.71 Å². The first kappa shape index (κ1) is 5.54. The second-order valence-corrected chi connectivity index (χ2v) is 2.07. The minimum atomic E-state index is 0.435. The van der Waals surface area contributed by atoms with Crippen molar-refractivity contribution in [3.63, 3.8) is 0 Å². The van der Waals surface area contributed by atoms with E-state index in [2.05, 4.69) is 31.0 Å². The Kier molecular flexibility index (Phi) is 1.47. The van der Waals surface area contributed by atoms with Crippen LogP contribution in [-0.2, 0) is 0 Å². The Bertz CT molecular complexity index is 133. The Balaban J connectivity index is 2.58. The van der Waals surface area contributed by atoms with Crippen LogP contribution in [0, 0.1) is 0 Å². The summed E-state index contributed by atoms with van der Waals surface area (Å²) in [6, 6.07) is 0.435. The standard InChI is InChI=1S/C7H11N/c1-3-7-5-4-6(2)8-7/h4-6H,3H2,1-2H3. The average Bonchev–Trinajstić information content (AvgIpc) is 2.14. The van der Waals surface area contributed by atoms with Crippen molar-refractivity contribution in [2.24, 2.45) is 4.99 Å². The maximum absolute atomic E-state index is 4.31. The summed E-state index contributed by atoms with van der Waals surface area (Å²) < 4.78 is 0. The molecule has 0 fully saturated rings. The van der Waals surface area contributed by atoms with E-state index in [9.17, 15) is 0 Å². The first-order valence-corrected chi connectivity index (χ1v) is 3.08. The molecule has 1 atom stereocenters. The van der Waals surface area contributed by atoms with Crippen molar-refractivity contribution in [3.05, 3.63) is 12.2 Å². The van der Waals surface area contributed by atoms with Gasteiger partial charge in [-0.2, -0.15) is 0 Å². The third-order valence-electron chi connectivity index (χ3n) is 1.30. The zero-order valence-corrected chi connectivity index (χ0v) is 5.39. The van der Waals surface area contributed by atoms with Gasteiger partial charge in [-0.3, -0.25) is 4.99 Å². The molecule has 1 heteroatoms. The summed E-state index contributed by atoms with van der Waals surface area (Å²) in [6.07, 6.45) is 5.30. The summed E-state index contributed by atoms with van der Waals surface area (Å²) in [7, 11) is 0. The summed E-state index contributed by atoms with van der Waals surface area (Å²) in [5.74, 6) is 0. The molecule has 1 rings (SSSR count). The van der Waals surface area contributed by atoms with Gasteiger partial charge in [0.25, 0.3) is 0 Å². The molecule has 0 spiro atoms. The maximum Gasteiger partial charge on any atom is 0.0658 e. The van der Waals surface area contributed by atoms with Gasteiger partial charge >= 0.3 is 0 Å². The predicted molar refractivity (Wildman–Crippen MR) is 36.3 cm³/mol. The largest absolute Gasteiger partial charge is 0.283 e. The Labute approximate surface area is 50.1 Å². The molecule has 8 heavy (non-hydrogen) atoms. The second-order valence-electron chi connectivity index (χ2n) is 2.07. The minimum Gasteiger partial charge on any atom is -0.283 e. The van der Waals surface area contributed by atoms with Gasteiger partial charge in [-0.25, -0.2) is 0 Å². The van der Waals surface area contributed by atoms with E-state index in [1.54, 1.807) is 0 Å². The van der Waals surface area contributed by atoms with E-state index in [0.717, 1.165) is 6.42 Å². The third-order valence-corrected chi connectivity index (χ3v) is 1.30. The molecular formula is C7H11N. The monoisotopic (exact) mass is 109 g/mol. The van der Waals surface area contributed by atoms with Crippen molar-refractivity contribution >= 4 is 5.71 Å². The van der Waals surface area contributed by atoms with Crippen LogP contribution in [0.25, 0.3) is 0 Å². The molecule has 0 amide bonds.